The van der Waals surface area contributed by atoms with Gasteiger partial charge in [-0.05, 0) is 36.6 Å². The highest BCUT2D eigenvalue weighted by Crippen LogP contribution is 2.20. The van der Waals surface area contributed by atoms with E-state index in [0.29, 0.717) is 16.8 Å². The van der Waals surface area contributed by atoms with Crippen LogP contribution in [0.3, 0.4) is 0 Å². The lowest BCUT2D eigenvalue weighted by Crippen LogP contribution is -2.45. The molecule has 1 aliphatic heterocycles. The number of esters is 1. The van der Waals surface area contributed by atoms with Gasteiger partial charge in [0.2, 0.25) is 5.91 Å². The molecule has 1 N–H and O–H groups in total. The Morgan fingerprint density at radius 2 is 1.71 bits per heavy atom. The SMILES string of the molecule is Cc1cccc(C)c1NC(=O)COC(=O)CN1C(=O)Cc2ccccc2C1=O. The van der Waals surface area contributed by atoms with Gasteiger partial charge in [0, 0.05) is 11.3 Å². The fraction of sp³-hybridized carbons (Fsp3) is 0.238. The number of imide groups is 1. The fourth-order valence-electron chi connectivity index (χ4n) is 3.07. The predicted molar refractivity (Wildman–Crippen MR) is 102 cm³/mol. The number of carbonyl (C=O) groups is 4. The van der Waals surface area contributed by atoms with E-state index in [2.05, 4.69) is 5.32 Å². The number of amides is 3. The van der Waals surface area contributed by atoms with Crippen LogP contribution in [-0.4, -0.2) is 41.7 Å². The van der Waals surface area contributed by atoms with E-state index in [1.165, 1.54) is 0 Å². The molecule has 0 atom stereocenters. The monoisotopic (exact) mass is 380 g/mol. The Balaban J connectivity index is 1.57. The van der Waals surface area contributed by atoms with Crippen molar-refractivity contribution in [1.82, 2.24) is 4.90 Å². The lowest BCUT2D eigenvalue weighted by atomic mass is 9.98. The van der Waals surface area contributed by atoms with Gasteiger partial charge in [0.1, 0.15) is 6.54 Å². The number of hydrogen-bond acceptors (Lipinski definition) is 5. The average molecular weight is 380 g/mol. The molecule has 3 rings (SSSR count). The van der Waals surface area contributed by atoms with E-state index in [-0.39, 0.29) is 6.42 Å². The molecule has 144 valence electrons. The quantitative estimate of drug-likeness (QED) is 0.633. The summed E-state index contributed by atoms with van der Waals surface area (Å²) in [5, 5.41) is 2.70. The zero-order chi connectivity index (χ0) is 20.3. The summed E-state index contributed by atoms with van der Waals surface area (Å²) in [6.07, 6.45) is 0.0439. The predicted octanol–water partition coefficient (Wildman–Crippen LogP) is 2.01. The minimum atomic E-state index is -0.822. The van der Waals surface area contributed by atoms with Crippen molar-refractivity contribution in [3.05, 3.63) is 64.7 Å². The van der Waals surface area contributed by atoms with Crippen LogP contribution >= 0.6 is 0 Å². The lowest BCUT2D eigenvalue weighted by Gasteiger charge is -2.25. The highest BCUT2D eigenvalue weighted by Gasteiger charge is 2.32. The van der Waals surface area contributed by atoms with Crippen molar-refractivity contribution >= 4 is 29.4 Å². The first kappa shape index (κ1) is 19.3. The minimum Gasteiger partial charge on any atom is -0.454 e. The van der Waals surface area contributed by atoms with Crippen LogP contribution in [-0.2, 0) is 25.5 Å². The Morgan fingerprint density at radius 3 is 2.43 bits per heavy atom. The molecule has 0 fully saturated rings. The van der Waals surface area contributed by atoms with Crippen LogP contribution in [0.5, 0.6) is 0 Å². The van der Waals surface area contributed by atoms with Gasteiger partial charge < -0.3 is 10.1 Å². The third-order valence-electron chi connectivity index (χ3n) is 4.53. The van der Waals surface area contributed by atoms with Gasteiger partial charge in [-0.3, -0.25) is 24.1 Å². The molecule has 0 aliphatic carbocycles. The standard InChI is InChI=1S/C21H20N2O5/c1-13-6-5-7-14(2)20(13)22-17(24)12-28-19(26)11-23-18(25)10-15-8-3-4-9-16(15)21(23)27/h3-9H,10-12H2,1-2H3,(H,22,24). The van der Waals surface area contributed by atoms with E-state index in [0.717, 1.165) is 16.0 Å². The van der Waals surface area contributed by atoms with Gasteiger partial charge in [-0.1, -0.05) is 36.4 Å². The van der Waals surface area contributed by atoms with Gasteiger partial charge in [0.25, 0.3) is 11.8 Å². The van der Waals surface area contributed by atoms with Crippen LogP contribution in [0.15, 0.2) is 42.5 Å². The molecule has 7 heteroatoms. The van der Waals surface area contributed by atoms with Gasteiger partial charge in [-0.15, -0.1) is 0 Å². The Labute approximate surface area is 162 Å². The number of benzene rings is 2. The van der Waals surface area contributed by atoms with E-state index in [4.69, 9.17) is 4.74 Å². The third-order valence-corrected chi connectivity index (χ3v) is 4.53. The summed E-state index contributed by atoms with van der Waals surface area (Å²) in [6.45, 7) is 2.70. The molecule has 0 saturated carbocycles. The van der Waals surface area contributed by atoms with Gasteiger partial charge >= 0.3 is 5.97 Å². The molecule has 1 aliphatic rings. The Morgan fingerprint density at radius 1 is 1.04 bits per heavy atom. The molecule has 7 nitrogen and oxygen atoms in total. The van der Waals surface area contributed by atoms with Crippen molar-refractivity contribution in [3.63, 3.8) is 0 Å². The largest absolute Gasteiger partial charge is 0.454 e. The average Bonchev–Trinajstić information content (AvgIpc) is 2.66. The van der Waals surface area contributed by atoms with Crippen LogP contribution in [0, 0.1) is 13.8 Å². The first-order chi connectivity index (χ1) is 13.4. The minimum absolute atomic E-state index is 0.0439. The molecular weight excluding hydrogens is 360 g/mol. The Kier molecular flexibility index (Phi) is 5.54. The van der Waals surface area contributed by atoms with E-state index < -0.39 is 36.8 Å². The first-order valence-electron chi connectivity index (χ1n) is 8.81. The number of aryl methyl sites for hydroxylation is 2. The Bertz CT molecular complexity index is 947. The lowest BCUT2D eigenvalue weighted by molar-refractivity contribution is -0.150. The summed E-state index contributed by atoms with van der Waals surface area (Å²) in [5.74, 6) is -2.32. The van der Waals surface area contributed by atoms with Crippen LogP contribution in [0.1, 0.15) is 27.0 Å². The fourth-order valence-corrected chi connectivity index (χ4v) is 3.07. The van der Waals surface area contributed by atoms with E-state index in [1.54, 1.807) is 24.3 Å². The maximum atomic E-state index is 12.4. The van der Waals surface area contributed by atoms with E-state index in [1.807, 2.05) is 32.0 Å². The molecule has 0 aromatic heterocycles. The molecular formula is C21H20N2O5. The van der Waals surface area contributed by atoms with E-state index >= 15 is 0 Å². The normalized spacial score (nSPS) is 13.1. The molecule has 0 bridgehead atoms. The number of anilines is 1. The van der Waals surface area contributed by atoms with Crippen molar-refractivity contribution in [2.24, 2.45) is 0 Å². The molecule has 2 aromatic carbocycles. The molecule has 0 unspecified atom stereocenters. The van der Waals surface area contributed by atoms with E-state index in [9.17, 15) is 19.2 Å². The number of rotatable bonds is 5. The van der Waals surface area contributed by atoms with Crippen molar-refractivity contribution in [3.8, 4) is 0 Å². The maximum Gasteiger partial charge on any atom is 0.326 e. The third kappa shape index (κ3) is 4.09. The topological polar surface area (TPSA) is 92.8 Å². The van der Waals surface area contributed by atoms with Crippen LogP contribution in [0.25, 0.3) is 0 Å². The number of fused-ring (bicyclic) bond motifs is 1. The number of para-hydroxylation sites is 1. The van der Waals surface area contributed by atoms with Crippen LogP contribution in [0.4, 0.5) is 5.69 Å². The van der Waals surface area contributed by atoms with Crippen molar-refractivity contribution < 1.29 is 23.9 Å². The molecule has 28 heavy (non-hydrogen) atoms. The number of nitrogens with zero attached hydrogens (tertiary/aromatic N) is 1. The highest BCUT2D eigenvalue weighted by molar-refractivity contribution is 6.11. The molecule has 1 heterocycles. The number of hydrogen-bond donors (Lipinski definition) is 1. The second-order valence-electron chi connectivity index (χ2n) is 6.59. The molecule has 0 radical (unpaired) electrons. The van der Waals surface area contributed by atoms with Gasteiger partial charge in [0.05, 0.1) is 6.42 Å². The van der Waals surface area contributed by atoms with Crippen molar-refractivity contribution in [2.75, 3.05) is 18.5 Å². The summed E-state index contributed by atoms with van der Waals surface area (Å²) in [6, 6.07) is 12.4. The Hall–Kier alpha value is -3.48. The smallest absolute Gasteiger partial charge is 0.326 e. The molecule has 0 spiro atoms. The summed E-state index contributed by atoms with van der Waals surface area (Å²) < 4.78 is 4.95. The van der Waals surface area contributed by atoms with Gasteiger partial charge in [0.15, 0.2) is 6.61 Å². The zero-order valence-electron chi connectivity index (χ0n) is 15.7. The van der Waals surface area contributed by atoms with Crippen LogP contribution < -0.4 is 5.32 Å². The second-order valence-corrected chi connectivity index (χ2v) is 6.59. The summed E-state index contributed by atoms with van der Waals surface area (Å²) in [4.78, 5) is 49.6. The summed E-state index contributed by atoms with van der Waals surface area (Å²) in [5.41, 5.74) is 3.48. The molecule has 0 saturated heterocycles. The summed E-state index contributed by atoms with van der Waals surface area (Å²) in [7, 11) is 0. The zero-order valence-corrected chi connectivity index (χ0v) is 15.7. The van der Waals surface area contributed by atoms with Crippen molar-refractivity contribution in [1.29, 1.82) is 0 Å². The van der Waals surface area contributed by atoms with Gasteiger partial charge in [-0.25, -0.2) is 0 Å². The first-order valence-corrected chi connectivity index (χ1v) is 8.81. The number of carbonyl (C=O) groups excluding carboxylic acids is 4. The van der Waals surface area contributed by atoms with Crippen molar-refractivity contribution in [2.45, 2.75) is 20.3 Å². The highest BCUT2D eigenvalue weighted by atomic mass is 16.5. The molecule has 3 amide bonds. The summed E-state index contributed by atoms with van der Waals surface area (Å²) >= 11 is 0. The molecule has 2 aromatic rings. The number of nitrogens with one attached hydrogen (secondary N) is 1. The second kappa shape index (κ2) is 8.04. The maximum absolute atomic E-state index is 12.4. The van der Waals surface area contributed by atoms with Gasteiger partial charge in [-0.2, -0.15) is 0 Å². The number of ether oxygens (including phenoxy) is 1. The van der Waals surface area contributed by atoms with Crippen LogP contribution in [0.2, 0.25) is 0 Å².